The zero-order chi connectivity index (χ0) is 15.2. The van der Waals surface area contributed by atoms with Crippen molar-refractivity contribution in [2.75, 3.05) is 18.5 Å². The van der Waals surface area contributed by atoms with Gasteiger partial charge in [-0.2, -0.15) is 0 Å². The zero-order valence-corrected chi connectivity index (χ0v) is 13.9. The van der Waals surface area contributed by atoms with Crippen molar-refractivity contribution in [3.63, 3.8) is 0 Å². The van der Waals surface area contributed by atoms with Crippen LogP contribution in [0.5, 0.6) is 0 Å². The first kappa shape index (κ1) is 16.3. The average Bonchev–Trinajstić information content (AvgIpc) is 2.48. The fourth-order valence-electron chi connectivity index (χ4n) is 3.43. The van der Waals surface area contributed by atoms with Crippen molar-refractivity contribution >= 4 is 5.82 Å². The molecule has 3 nitrogen and oxygen atoms in total. The molecule has 1 atom stereocenters. The second-order valence-corrected chi connectivity index (χ2v) is 6.74. The first-order valence-corrected chi connectivity index (χ1v) is 8.52. The molecule has 2 rings (SSSR count). The first-order chi connectivity index (χ1) is 10.1. The van der Waals surface area contributed by atoms with E-state index < -0.39 is 0 Å². The smallest absolute Gasteiger partial charge is 0.131 e. The number of aryl methyl sites for hydroxylation is 1. The highest BCUT2D eigenvalue weighted by molar-refractivity contribution is 5.46. The van der Waals surface area contributed by atoms with Crippen LogP contribution in [-0.2, 0) is 6.42 Å². The molecule has 0 amide bonds. The van der Waals surface area contributed by atoms with Gasteiger partial charge in [0.1, 0.15) is 5.82 Å². The van der Waals surface area contributed by atoms with Gasteiger partial charge in [0.05, 0.1) is 0 Å². The molecule has 21 heavy (non-hydrogen) atoms. The molecule has 0 aliphatic heterocycles. The van der Waals surface area contributed by atoms with Crippen LogP contribution in [-0.4, -0.2) is 24.6 Å². The maximum atomic E-state index is 6.04. The molecule has 1 heterocycles. The normalized spacial score (nSPS) is 17.7. The lowest BCUT2D eigenvalue weighted by atomic mass is 9.89. The molecule has 1 aliphatic carbocycles. The van der Waals surface area contributed by atoms with Gasteiger partial charge >= 0.3 is 0 Å². The van der Waals surface area contributed by atoms with Crippen LogP contribution in [0.4, 0.5) is 5.82 Å². The van der Waals surface area contributed by atoms with Crippen LogP contribution in [0, 0.1) is 12.8 Å². The summed E-state index contributed by atoms with van der Waals surface area (Å²) < 4.78 is 0. The molecule has 0 spiro atoms. The number of nitrogens with two attached hydrogens (primary N) is 1. The summed E-state index contributed by atoms with van der Waals surface area (Å²) in [6.45, 7) is 5.44. The van der Waals surface area contributed by atoms with E-state index in [1.165, 1.54) is 43.2 Å². The largest absolute Gasteiger partial charge is 0.359 e. The SMILES string of the molecule is CCC(N)Cc1cnc(N(C)CC2CCCCC2)c(C)c1. The Bertz CT molecular complexity index is 438. The second kappa shape index (κ2) is 7.79. The van der Waals surface area contributed by atoms with Crippen molar-refractivity contribution < 1.29 is 0 Å². The van der Waals surface area contributed by atoms with Crippen molar-refractivity contribution in [3.8, 4) is 0 Å². The fourth-order valence-corrected chi connectivity index (χ4v) is 3.43. The number of aromatic nitrogens is 1. The topological polar surface area (TPSA) is 42.1 Å². The van der Waals surface area contributed by atoms with Crippen LogP contribution in [0.15, 0.2) is 12.3 Å². The minimum atomic E-state index is 0.247. The van der Waals surface area contributed by atoms with E-state index in [1.54, 1.807) is 0 Å². The van der Waals surface area contributed by atoms with Gasteiger partial charge in [0.25, 0.3) is 0 Å². The van der Waals surface area contributed by atoms with Crippen molar-refractivity contribution in [1.82, 2.24) is 4.98 Å². The summed E-state index contributed by atoms with van der Waals surface area (Å²) >= 11 is 0. The second-order valence-electron chi connectivity index (χ2n) is 6.74. The minimum Gasteiger partial charge on any atom is -0.359 e. The van der Waals surface area contributed by atoms with E-state index in [9.17, 15) is 0 Å². The number of rotatable bonds is 6. The van der Waals surface area contributed by atoms with Gasteiger partial charge in [-0.1, -0.05) is 32.3 Å². The lowest BCUT2D eigenvalue weighted by molar-refractivity contribution is 0.361. The Labute approximate surface area is 129 Å². The Morgan fingerprint density at radius 3 is 2.67 bits per heavy atom. The van der Waals surface area contributed by atoms with Crippen molar-refractivity contribution in [1.29, 1.82) is 0 Å². The van der Waals surface area contributed by atoms with Crippen LogP contribution >= 0.6 is 0 Å². The summed E-state index contributed by atoms with van der Waals surface area (Å²) in [4.78, 5) is 7.04. The van der Waals surface area contributed by atoms with E-state index in [0.29, 0.717) is 0 Å². The Morgan fingerprint density at radius 1 is 1.33 bits per heavy atom. The number of anilines is 1. The van der Waals surface area contributed by atoms with Crippen LogP contribution in [0.1, 0.15) is 56.6 Å². The molecule has 118 valence electrons. The van der Waals surface area contributed by atoms with Gasteiger partial charge in [-0.25, -0.2) is 4.98 Å². The van der Waals surface area contributed by atoms with Gasteiger partial charge < -0.3 is 10.6 Å². The fraction of sp³-hybridized carbons (Fsp3) is 0.722. The number of pyridine rings is 1. The lowest BCUT2D eigenvalue weighted by Gasteiger charge is -2.28. The number of hydrogen-bond acceptors (Lipinski definition) is 3. The van der Waals surface area contributed by atoms with E-state index >= 15 is 0 Å². The summed E-state index contributed by atoms with van der Waals surface area (Å²) in [5.74, 6) is 1.98. The van der Waals surface area contributed by atoms with Gasteiger partial charge in [0.2, 0.25) is 0 Å². The summed E-state index contributed by atoms with van der Waals surface area (Å²) in [6.07, 6.45) is 10.9. The third-order valence-corrected chi connectivity index (χ3v) is 4.75. The summed E-state index contributed by atoms with van der Waals surface area (Å²) in [7, 11) is 2.18. The summed E-state index contributed by atoms with van der Waals surface area (Å²) in [5.41, 5.74) is 8.57. The maximum absolute atomic E-state index is 6.04. The third-order valence-electron chi connectivity index (χ3n) is 4.75. The van der Waals surface area contributed by atoms with Crippen LogP contribution in [0.3, 0.4) is 0 Å². The molecule has 0 bridgehead atoms. The lowest BCUT2D eigenvalue weighted by Crippen LogP contribution is -2.28. The van der Waals surface area contributed by atoms with Crippen molar-refractivity contribution in [3.05, 3.63) is 23.4 Å². The van der Waals surface area contributed by atoms with Crippen LogP contribution < -0.4 is 10.6 Å². The number of nitrogens with zero attached hydrogens (tertiary/aromatic N) is 2. The molecule has 0 aromatic carbocycles. The first-order valence-electron chi connectivity index (χ1n) is 8.52. The molecular weight excluding hydrogens is 258 g/mol. The van der Waals surface area contributed by atoms with Crippen molar-refractivity contribution in [2.24, 2.45) is 11.7 Å². The highest BCUT2D eigenvalue weighted by Gasteiger charge is 2.17. The zero-order valence-electron chi connectivity index (χ0n) is 13.9. The average molecular weight is 289 g/mol. The predicted octanol–water partition coefficient (Wildman–Crippen LogP) is 3.69. The van der Waals surface area contributed by atoms with Crippen LogP contribution in [0.25, 0.3) is 0 Å². The van der Waals surface area contributed by atoms with Gasteiger partial charge in [0.15, 0.2) is 0 Å². The van der Waals surface area contributed by atoms with Gasteiger partial charge in [0, 0.05) is 25.8 Å². The van der Waals surface area contributed by atoms with Crippen molar-refractivity contribution in [2.45, 2.75) is 64.8 Å². The monoisotopic (exact) mass is 289 g/mol. The standard InChI is InChI=1S/C18H31N3/c1-4-17(19)11-16-10-14(2)18(20-12-16)21(3)13-15-8-6-5-7-9-15/h10,12,15,17H,4-9,11,13,19H2,1-3H3. The maximum Gasteiger partial charge on any atom is 0.131 e. The minimum absolute atomic E-state index is 0.247. The van der Waals surface area contributed by atoms with Gasteiger partial charge in [-0.3, -0.25) is 0 Å². The predicted molar refractivity (Wildman–Crippen MR) is 90.8 cm³/mol. The highest BCUT2D eigenvalue weighted by atomic mass is 15.2. The van der Waals surface area contributed by atoms with E-state index in [2.05, 4.69) is 31.9 Å². The molecular formula is C18H31N3. The Hall–Kier alpha value is -1.09. The molecule has 1 fully saturated rings. The molecule has 3 heteroatoms. The Kier molecular flexibility index (Phi) is 6.04. The number of hydrogen-bond donors (Lipinski definition) is 1. The molecule has 1 saturated carbocycles. The highest BCUT2D eigenvalue weighted by Crippen LogP contribution is 2.26. The molecule has 1 aromatic rings. The molecule has 0 saturated heterocycles. The molecule has 1 unspecified atom stereocenters. The molecule has 1 aromatic heterocycles. The molecule has 0 radical (unpaired) electrons. The summed E-state index contributed by atoms with van der Waals surface area (Å²) in [5, 5.41) is 0. The van der Waals surface area contributed by atoms with Gasteiger partial charge in [-0.15, -0.1) is 0 Å². The van der Waals surface area contributed by atoms with E-state index in [0.717, 1.165) is 31.1 Å². The Morgan fingerprint density at radius 2 is 2.05 bits per heavy atom. The summed E-state index contributed by atoms with van der Waals surface area (Å²) in [6, 6.07) is 2.51. The third kappa shape index (κ3) is 4.70. The van der Waals surface area contributed by atoms with E-state index in [1.807, 2.05) is 6.20 Å². The Balaban J connectivity index is 1.98. The van der Waals surface area contributed by atoms with Crippen LogP contribution in [0.2, 0.25) is 0 Å². The van der Waals surface area contributed by atoms with E-state index in [-0.39, 0.29) is 6.04 Å². The van der Waals surface area contributed by atoms with Gasteiger partial charge in [-0.05, 0) is 49.7 Å². The quantitative estimate of drug-likeness (QED) is 0.868. The molecule has 2 N–H and O–H groups in total. The van der Waals surface area contributed by atoms with E-state index in [4.69, 9.17) is 10.7 Å². The molecule has 1 aliphatic rings.